The van der Waals surface area contributed by atoms with Gasteiger partial charge >= 0.3 is 5.69 Å². The molecule has 0 heterocycles. The van der Waals surface area contributed by atoms with Crippen molar-refractivity contribution in [1.29, 1.82) is 0 Å². The Bertz CT molecular complexity index is 600. The van der Waals surface area contributed by atoms with Gasteiger partial charge in [0.25, 0.3) is 5.91 Å². The summed E-state index contributed by atoms with van der Waals surface area (Å²) in [6, 6.07) is 4.70. The van der Waals surface area contributed by atoms with Crippen LogP contribution in [0.1, 0.15) is 38.5 Å². The molecule has 1 aliphatic rings. The van der Waals surface area contributed by atoms with Gasteiger partial charge in [-0.15, -0.1) is 0 Å². The second kappa shape index (κ2) is 10.6. The third-order valence-corrected chi connectivity index (χ3v) is 4.45. The number of methoxy groups -OCH3 is 1. The van der Waals surface area contributed by atoms with Crippen LogP contribution in [0, 0.1) is 10.1 Å². The summed E-state index contributed by atoms with van der Waals surface area (Å²) < 4.78 is 10.3. The van der Waals surface area contributed by atoms with Crippen molar-refractivity contribution in [3.63, 3.8) is 0 Å². The van der Waals surface area contributed by atoms with Crippen molar-refractivity contribution in [1.82, 2.24) is 10.6 Å². The van der Waals surface area contributed by atoms with Crippen LogP contribution in [-0.4, -0.2) is 43.7 Å². The van der Waals surface area contributed by atoms with Gasteiger partial charge in [-0.3, -0.25) is 14.9 Å². The van der Waals surface area contributed by atoms with Crippen molar-refractivity contribution < 1.29 is 19.2 Å². The van der Waals surface area contributed by atoms with Crippen molar-refractivity contribution in [2.24, 2.45) is 0 Å². The maximum Gasteiger partial charge on any atom is 0.311 e. The fourth-order valence-electron chi connectivity index (χ4n) is 3.06. The molecule has 0 radical (unpaired) electrons. The lowest BCUT2D eigenvalue weighted by Gasteiger charge is -2.16. The molecule has 1 saturated carbocycles. The zero-order valence-corrected chi connectivity index (χ0v) is 15.2. The summed E-state index contributed by atoms with van der Waals surface area (Å²) in [7, 11) is 1.35. The van der Waals surface area contributed by atoms with E-state index in [9.17, 15) is 14.9 Å². The molecular formula is C18H27N3O5. The molecule has 0 bridgehead atoms. The molecule has 0 unspecified atom stereocenters. The summed E-state index contributed by atoms with van der Waals surface area (Å²) in [4.78, 5) is 22.2. The lowest BCUT2D eigenvalue weighted by molar-refractivity contribution is -0.385. The van der Waals surface area contributed by atoms with Crippen molar-refractivity contribution in [2.75, 3.05) is 26.8 Å². The molecule has 8 heteroatoms. The van der Waals surface area contributed by atoms with Crippen LogP contribution in [-0.2, 0) is 4.79 Å². The van der Waals surface area contributed by atoms with Crippen LogP contribution in [0.4, 0.5) is 5.69 Å². The summed E-state index contributed by atoms with van der Waals surface area (Å²) in [5.74, 6) is 0.213. The average Bonchev–Trinajstić information content (AvgIpc) is 2.92. The molecule has 2 rings (SSSR count). The van der Waals surface area contributed by atoms with Crippen LogP contribution in [0.15, 0.2) is 18.2 Å². The molecule has 1 aromatic rings. The van der Waals surface area contributed by atoms with E-state index in [0.29, 0.717) is 18.3 Å². The maximum atomic E-state index is 11.8. The van der Waals surface area contributed by atoms with Crippen LogP contribution >= 0.6 is 0 Å². The van der Waals surface area contributed by atoms with E-state index in [1.54, 1.807) is 0 Å². The normalized spacial score (nSPS) is 15.1. The van der Waals surface area contributed by atoms with E-state index in [-0.39, 0.29) is 24.0 Å². The molecule has 1 aromatic carbocycles. The van der Waals surface area contributed by atoms with E-state index < -0.39 is 4.92 Å². The Kier molecular flexibility index (Phi) is 8.14. The van der Waals surface area contributed by atoms with E-state index in [4.69, 9.17) is 9.47 Å². The highest BCUT2D eigenvalue weighted by atomic mass is 16.6. The first-order valence-electron chi connectivity index (χ1n) is 9.05. The van der Waals surface area contributed by atoms with E-state index in [1.165, 1.54) is 63.8 Å². The standard InChI is InChI=1S/C18H27N3O5/c1-25-17-12-15(8-9-16(17)21(23)24)26-13-18(22)20-11-10-19-14-6-4-2-3-5-7-14/h8-9,12,14,19H,2-7,10-11,13H2,1H3,(H,20,22). The molecule has 26 heavy (non-hydrogen) atoms. The predicted molar refractivity (Wildman–Crippen MR) is 97.6 cm³/mol. The largest absolute Gasteiger partial charge is 0.490 e. The van der Waals surface area contributed by atoms with Crippen LogP contribution in [0.25, 0.3) is 0 Å². The van der Waals surface area contributed by atoms with Gasteiger partial charge in [0.2, 0.25) is 5.75 Å². The number of nitrogens with zero attached hydrogens (tertiary/aromatic N) is 1. The fourth-order valence-corrected chi connectivity index (χ4v) is 3.06. The number of nitro benzene ring substituents is 1. The van der Waals surface area contributed by atoms with Crippen molar-refractivity contribution in [3.05, 3.63) is 28.3 Å². The zero-order chi connectivity index (χ0) is 18.8. The molecule has 1 aliphatic carbocycles. The number of benzene rings is 1. The second-order valence-corrected chi connectivity index (χ2v) is 6.37. The number of carbonyl (C=O) groups is 1. The molecule has 0 saturated heterocycles. The molecular weight excluding hydrogens is 338 g/mol. The molecule has 1 amide bonds. The first-order chi connectivity index (χ1) is 12.6. The Hall–Kier alpha value is -2.35. The van der Waals surface area contributed by atoms with E-state index >= 15 is 0 Å². The minimum Gasteiger partial charge on any atom is -0.490 e. The number of rotatable bonds is 9. The Morgan fingerprint density at radius 1 is 1.23 bits per heavy atom. The lowest BCUT2D eigenvalue weighted by Crippen LogP contribution is -2.38. The molecule has 8 nitrogen and oxygen atoms in total. The van der Waals surface area contributed by atoms with Gasteiger partial charge < -0.3 is 20.1 Å². The number of ether oxygens (including phenoxy) is 2. The SMILES string of the molecule is COc1cc(OCC(=O)NCCNC2CCCCCC2)ccc1[N+](=O)[O-]. The Balaban J connectivity index is 1.67. The second-order valence-electron chi connectivity index (χ2n) is 6.37. The van der Waals surface area contributed by atoms with Crippen molar-refractivity contribution in [3.8, 4) is 11.5 Å². The predicted octanol–water partition coefficient (Wildman–Crippen LogP) is 2.41. The van der Waals surface area contributed by atoms with Gasteiger partial charge in [-0.2, -0.15) is 0 Å². The third kappa shape index (κ3) is 6.51. The summed E-state index contributed by atoms with van der Waals surface area (Å²) in [5, 5.41) is 17.1. The summed E-state index contributed by atoms with van der Waals surface area (Å²) in [5.41, 5.74) is -0.145. The van der Waals surface area contributed by atoms with Gasteiger partial charge in [-0.1, -0.05) is 25.7 Å². The van der Waals surface area contributed by atoms with Crippen molar-refractivity contribution >= 4 is 11.6 Å². The maximum absolute atomic E-state index is 11.8. The zero-order valence-electron chi connectivity index (χ0n) is 15.2. The highest BCUT2D eigenvalue weighted by Crippen LogP contribution is 2.30. The molecule has 144 valence electrons. The molecule has 0 atom stereocenters. The Morgan fingerprint density at radius 2 is 1.96 bits per heavy atom. The molecule has 0 spiro atoms. The van der Waals surface area contributed by atoms with Crippen LogP contribution in [0.5, 0.6) is 11.5 Å². The number of nitro groups is 1. The molecule has 1 fully saturated rings. The van der Waals surface area contributed by atoms with Crippen LogP contribution < -0.4 is 20.1 Å². The number of carbonyl (C=O) groups excluding carboxylic acids is 1. The summed E-state index contributed by atoms with van der Waals surface area (Å²) >= 11 is 0. The number of amides is 1. The number of nitrogens with one attached hydrogen (secondary N) is 2. The van der Waals surface area contributed by atoms with Gasteiger partial charge in [0.15, 0.2) is 6.61 Å². The van der Waals surface area contributed by atoms with Gasteiger partial charge in [-0.05, 0) is 18.9 Å². The molecule has 0 aliphatic heterocycles. The van der Waals surface area contributed by atoms with E-state index in [2.05, 4.69) is 10.6 Å². The first-order valence-corrected chi connectivity index (χ1v) is 9.05. The highest BCUT2D eigenvalue weighted by molar-refractivity contribution is 5.77. The monoisotopic (exact) mass is 365 g/mol. The quantitative estimate of drug-likeness (QED) is 0.301. The van der Waals surface area contributed by atoms with Gasteiger partial charge in [0, 0.05) is 31.3 Å². The minimum absolute atomic E-state index is 0.0977. The van der Waals surface area contributed by atoms with Gasteiger partial charge in [0.05, 0.1) is 12.0 Å². The van der Waals surface area contributed by atoms with Gasteiger partial charge in [-0.25, -0.2) is 0 Å². The third-order valence-electron chi connectivity index (χ3n) is 4.45. The lowest BCUT2D eigenvalue weighted by atomic mass is 10.1. The highest BCUT2D eigenvalue weighted by Gasteiger charge is 2.16. The van der Waals surface area contributed by atoms with Crippen LogP contribution in [0.2, 0.25) is 0 Å². The summed E-state index contributed by atoms with van der Waals surface area (Å²) in [6.07, 6.45) is 7.60. The Morgan fingerprint density at radius 3 is 2.62 bits per heavy atom. The topological polar surface area (TPSA) is 103 Å². The van der Waals surface area contributed by atoms with Crippen molar-refractivity contribution in [2.45, 2.75) is 44.6 Å². The first kappa shape index (κ1) is 20.0. The minimum atomic E-state index is -0.531. The number of hydrogen-bond donors (Lipinski definition) is 2. The summed E-state index contributed by atoms with van der Waals surface area (Å²) in [6.45, 7) is 1.13. The Labute approximate surface area is 153 Å². The van der Waals surface area contributed by atoms with Crippen LogP contribution in [0.3, 0.4) is 0 Å². The number of hydrogen-bond acceptors (Lipinski definition) is 6. The fraction of sp³-hybridized carbons (Fsp3) is 0.611. The van der Waals surface area contributed by atoms with Gasteiger partial charge in [0.1, 0.15) is 5.75 Å². The average molecular weight is 365 g/mol. The molecule has 0 aromatic heterocycles. The van der Waals surface area contributed by atoms with E-state index in [0.717, 1.165) is 6.54 Å². The molecule has 2 N–H and O–H groups in total. The van der Waals surface area contributed by atoms with E-state index in [1.807, 2.05) is 0 Å². The smallest absolute Gasteiger partial charge is 0.311 e.